The van der Waals surface area contributed by atoms with Gasteiger partial charge < -0.3 is 0 Å². The van der Waals surface area contributed by atoms with Gasteiger partial charge in [0.15, 0.2) is 81.8 Å². The summed E-state index contributed by atoms with van der Waals surface area (Å²) in [5.41, 5.74) is -12.4. The third-order valence-corrected chi connectivity index (χ3v) is 10.4. The number of ketones is 2. The highest BCUT2D eigenvalue weighted by Gasteiger charge is 2.52. The molecule has 348 valence electrons. The molecule has 0 N–H and O–H groups in total. The number of fused-ring (bicyclic) bond motifs is 1. The molecule has 7 rings (SSSR count). The lowest BCUT2D eigenvalue weighted by Gasteiger charge is -2.44. The van der Waals surface area contributed by atoms with Gasteiger partial charge in [0.25, 0.3) is 0 Å². The van der Waals surface area contributed by atoms with E-state index < -0.39 is 144 Å². The van der Waals surface area contributed by atoms with Crippen molar-refractivity contribution in [2.24, 2.45) is 0 Å². The molecule has 0 saturated carbocycles. The van der Waals surface area contributed by atoms with Crippen LogP contribution in [0.5, 0.6) is 0 Å². The van der Waals surface area contributed by atoms with Crippen LogP contribution in [0, 0.1) is 116 Å². The van der Waals surface area contributed by atoms with Crippen LogP contribution in [-0.2, 0) is 6.54 Å². The first-order valence-electron chi connectivity index (χ1n) is 18.1. The third-order valence-electron chi connectivity index (χ3n) is 10.4. The number of halogens is 20. The normalized spacial score (nSPS) is 11.5. The monoisotopic (exact) mass is 969 g/mol. The molecule has 0 saturated heterocycles. The van der Waals surface area contributed by atoms with E-state index in [4.69, 9.17) is 0 Å². The predicted molar refractivity (Wildman–Crippen MR) is 194 cm³/mol. The molecule has 24 heteroatoms. The zero-order valence-corrected chi connectivity index (χ0v) is 32.5. The van der Waals surface area contributed by atoms with Gasteiger partial charge >= 0.3 is 0 Å². The van der Waals surface area contributed by atoms with Crippen LogP contribution < -0.4 is 26.4 Å². The molecule has 0 amide bonds. The van der Waals surface area contributed by atoms with E-state index in [1.54, 1.807) is 24.3 Å². The maximum Gasteiger partial charge on any atom is 0.228 e. The number of hydrogen-bond donors (Lipinski definition) is 0. The Labute approximate surface area is 360 Å². The minimum absolute atomic E-state index is 0.0628. The molecule has 0 spiro atoms. The molecule has 0 bridgehead atoms. The van der Waals surface area contributed by atoms with Crippen molar-refractivity contribution in [2.75, 3.05) is 0 Å². The number of Topliss-reactive ketones (excluding diaryl/α,β-unsaturated/α-hetero) is 2. The molecule has 0 aliphatic rings. The summed E-state index contributed by atoms with van der Waals surface area (Å²) in [5, 5.41) is 1.08. The number of nitrogens with zero attached hydrogens (tertiary/aromatic N) is 1. The summed E-state index contributed by atoms with van der Waals surface area (Å²) >= 11 is 0. The second-order valence-electron chi connectivity index (χ2n) is 14.0. The van der Waals surface area contributed by atoms with E-state index in [9.17, 15) is 62.3 Å². The summed E-state index contributed by atoms with van der Waals surface area (Å²) in [5.74, 6) is -71.6. The molecule has 0 aliphatic carbocycles. The van der Waals surface area contributed by atoms with Crippen molar-refractivity contribution < 1.29 is 102 Å². The minimum atomic E-state index is -7.22. The predicted octanol–water partition coefficient (Wildman–Crippen LogP) is 9.06. The molecule has 0 aliphatic heterocycles. The molecule has 1 aromatic heterocycles. The highest BCUT2D eigenvalue weighted by molar-refractivity contribution is 7.20. The molecule has 6 aromatic carbocycles. The number of aromatic nitrogens is 1. The molecule has 0 atom stereocenters. The topological polar surface area (TPSA) is 38.0 Å². The van der Waals surface area contributed by atoms with E-state index in [-0.39, 0.29) is 18.1 Å². The summed E-state index contributed by atoms with van der Waals surface area (Å²) in [4.78, 5) is 24.3. The lowest BCUT2D eigenvalue weighted by Crippen LogP contribution is -2.81. The van der Waals surface area contributed by atoms with Gasteiger partial charge in [0.2, 0.25) is 17.8 Å². The first kappa shape index (κ1) is 49.2. The summed E-state index contributed by atoms with van der Waals surface area (Å²) in [6.07, 6.45) is -5.33. The smallest absolute Gasteiger partial charge is 0.228 e. The van der Waals surface area contributed by atoms with E-state index in [0.29, 0.717) is 11.1 Å². The van der Waals surface area contributed by atoms with Crippen LogP contribution in [-0.4, -0.2) is 17.7 Å². The third kappa shape index (κ3) is 7.70. The number of carbonyl (C=O) groups is 2. The quantitative estimate of drug-likeness (QED) is 0.0381. The Morgan fingerprint density at radius 1 is 0.373 bits per heavy atom. The SMILES string of the molecule is CC(=O)c1ccccc1C(=O)C[n+]1cccc2ccccc21.Fc1c(F)c(F)c([B-](c2c(F)c(F)c(F)c(F)c2F)(c2c(F)c(F)c(F)c(F)c2F)c2c(F)c(F)c(F)c(F)c2F)c(F)c1F. The number of hydrogen-bond acceptors (Lipinski definition) is 2. The highest BCUT2D eigenvalue weighted by Crippen LogP contribution is 2.31. The van der Waals surface area contributed by atoms with Crippen molar-refractivity contribution in [3.05, 3.63) is 194 Å². The number of pyridine rings is 1. The van der Waals surface area contributed by atoms with Gasteiger partial charge in [-0.1, -0.05) is 36.4 Å². The maximum atomic E-state index is 15.4. The zero-order valence-electron chi connectivity index (χ0n) is 32.5. The Balaban J connectivity index is 0.000000279. The van der Waals surface area contributed by atoms with Gasteiger partial charge in [-0.3, -0.25) is 9.59 Å². The number of benzene rings is 6. The van der Waals surface area contributed by atoms with Crippen LogP contribution in [0.3, 0.4) is 0 Å². The molecule has 3 nitrogen and oxygen atoms in total. The van der Waals surface area contributed by atoms with Gasteiger partial charge in [0.05, 0.1) is 0 Å². The average Bonchev–Trinajstić information content (AvgIpc) is 3.31. The fourth-order valence-electron chi connectivity index (χ4n) is 7.51. The van der Waals surface area contributed by atoms with Crippen molar-refractivity contribution in [3.63, 3.8) is 0 Å². The van der Waals surface area contributed by atoms with Gasteiger partial charge in [-0.2, -0.15) is 4.57 Å². The molecule has 1 heterocycles. The molecular weight excluding hydrogens is 953 g/mol. The van der Waals surface area contributed by atoms with Gasteiger partial charge in [-0.05, 0) is 19.1 Å². The number of rotatable bonds is 8. The second-order valence-corrected chi connectivity index (χ2v) is 14.0. The maximum absolute atomic E-state index is 15.4. The molecule has 67 heavy (non-hydrogen) atoms. The number of para-hydroxylation sites is 1. The highest BCUT2D eigenvalue weighted by atomic mass is 19.2. The van der Waals surface area contributed by atoms with Gasteiger partial charge in [0.1, 0.15) is 52.7 Å². The lowest BCUT2D eigenvalue weighted by atomic mass is 9.12. The van der Waals surface area contributed by atoms with E-state index >= 15 is 35.1 Å². The minimum Gasteiger partial charge on any atom is -0.294 e. The first-order chi connectivity index (χ1) is 31.4. The Morgan fingerprint density at radius 2 is 0.642 bits per heavy atom. The van der Waals surface area contributed by atoms with Gasteiger partial charge in [-0.15, -0.1) is 21.9 Å². The Bertz CT molecular complexity index is 2850. The standard InChI is InChI=1S/C24BF20.C19H16NO2/c26-5-1(6(27)14(35)21(42)13(5)34)25(2-7(28)15(36)22(43)16(37)8(2)29,3-9(30)17(38)23(44)18(39)10(3)31)4-11(32)19(40)24(45)20(41)12(4)33;1-14(21)16-9-3-4-10-17(16)19(22)13-20-12-6-8-15-7-2-5-11-18(15)20/h;2-12H,13H2,1H3/q-1;+1. The van der Waals surface area contributed by atoms with Crippen LogP contribution in [0.25, 0.3) is 10.9 Å². The molecular formula is C43H16BF20NO2. The van der Waals surface area contributed by atoms with E-state index in [2.05, 4.69) is 0 Å². The van der Waals surface area contributed by atoms with Crippen LogP contribution in [0.4, 0.5) is 87.8 Å². The van der Waals surface area contributed by atoms with Gasteiger partial charge in [-0.25, -0.2) is 87.8 Å². The summed E-state index contributed by atoms with van der Waals surface area (Å²) < 4.78 is 296. The van der Waals surface area contributed by atoms with E-state index in [1.165, 1.54) is 6.92 Å². The van der Waals surface area contributed by atoms with Gasteiger partial charge in [0, 0.05) is 28.6 Å². The first-order valence-corrected chi connectivity index (χ1v) is 18.1. The Hall–Kier alpha value is -7.27. The molecule has 0 radical (unpaired) electrons. The van der Waals surface area contributed by atoms with Crippen molar-refractivity contribution >= 4 is 50.5 Å². The van der Waals surface area contributed by atoms with Crippen LogP contribution in [0.15, 0.2) is 66.9 Å². The summed E-state index contributed by atoms with van der Waals surface area (Å²) in [7, 11) is 0. The van der Waals surface area contributed by atoms with E-state index in [0.717, 1.165) is 10.9 Å². The fourth-order valence-corrected chi connectivity index (χ4v) is 7.51. The zero-order chi connectivity index (χ0) is 49.9. The number of carbonyl (C=O) groups excluding carboxylic acids is 2. The van der Waals surface area contributed by atoms with Crippen molar-refractivity contribution in [1.82, 2.24) is 0 Å². The fraction of sp³-hybridized carbons (Fsp3) is 0.0465. The average molecular weight is 969 g/mol. The molecule has 7 aromatic rings. The Morgan fingerprint density at radius 3 is 0.970 bits per heavy atom. The largest absolute Gasteiger partial charge is 0.294 e. The second kappa shape index (κ2) is 18.2. The lowest BCUT2D eigenvalue weighted by molar-refractivity contribution is -0.657. The molecule has 0 unspecified atom stereocenters. The van der Waals surface area contributed by atoms with E-state index in [1.807, 2.05) is 47.2 Å². The van der Waals surface area contributed by atoms with Crippen molar-refractivity contribution in [3.8, 4) is 0 Å². The van der Waals surface area contributed by atoms with Crippen LogP contribution in [0.2, 0.25) is 0 Å². The molecule has 0 fully saturated rings. The Kier molecular flexibility index (Phi) is 13.4. The van der Waals surface area contributed by atoms with Crippen LogP contribution >= 0.6 is 0 Å². The summed E-state index contributed by atoms with van der Waals surface area (Å²) in [6.45, 7) is 1.70. The van der Waals surface area contributed by atoms with Crippen molar-refractivity contribution in [2.45, 2.75) is 13.5 Å². The summed E-state index contributed by atoms with van der Waals surface area (Å²) in [6, 6.07) is 18.8. The van der Waals surface area contributed by atoms with Crippen molar-refractivity contribution in [1.29, 1.82) is 0 Å². The van der Waals surface area contributed by atoms with Crippen LogP contribution in [0.1, 0.15) is 27.6 Å².